The minimum atomic E-state index is -3.77. The topological polar surface area (TPSA) is 160 Å². The number of hydrogen-bond acceptors (Lipinski definition) is 7. The number of sulfonamides is 1. The third-order valence-corrected chi connectivity index (χ3v) is 5.98. The molecule has 2 heterocycles. The van der Waals surface area contributed by atoms with Crippen molar-refractivity contribution in [2.24, 2.45) is 15.9 Å². The number of nitrogens with zero attached hydrogens (tertiary/aromatic N) is 2. The van der Waals surface area contributed by atoms with E-state index >= 15 is 0 Å². The van der Waals surface area contributed by atoms with Crippen molar-refractivity contribution < 1.29 is 18.0 Å². The summed E-state index contributed by atoms with van der Waals surface area (Å²) in [5, 5.41) is 10.9. The lowest BCUT2D eigenvalue weighted by molar-refractivity contribution is -0.134. The SMILES string of the molecule is NC1=NCC2(CCN(C(=O)CCC(=O)Nc3ccc(S(N)(=O)=O)cc3)CC2)N1. The van der Waals surface area contributed by atoms with Crippen LogP contribution in [0.4, 0.5) is 5.69 Å². The van der Waals surface area contributed by atoms with E-state index in [1.165, 1.54) is 24.3 Å². The molecule has 3 rings (SSSR count). The van der Waals surface area contributed by atoms with E-state index in [-0.39, 0.29) is 35.1 Å². The second-order valence-corrected chi connectivity index (χ2v) is 8.67. The third kappa shape index (κ3) is 4.78. The molecule has 0 unspecified atom stereocenters. The number of rotatable bonds is 5. The number of nitrogens with two attached hydrogens (primary N) is 2. The first-order valence-corrected chi connectivity index (χ1v) is 10.5. The Bertz CT molecular complexity index is 889. The van der Waals surface area contributed by atoms with E-state index in [1.54, 1.807) is 4.90 Å². The fraction of sp³-hybridized carbons (Fsp3) is 0.471. The molecule has 0 atom stereocenters. The number of anilines is 1. The Hall–Kier alpha value is -2.66. The van der Waals surface area contributed by atoms with Gasteiger partial charge in [-0.15, -0.1) is 0 Å². The number of benzene rings is 1. The molecule has 2 amide bonds. The van der Waals surface area contributed by atoms with Crippen molar-refractivity contribution >= 4 is 33.5 Å². The molecule has 10 nitrogen and oxygen atoms in total. The van der Waals surface area contributed by atoms with E-state index < -0.39 is 10.0 Å². The minimum Gasteiger partial charge on any atom is -0.370 e. The number of carbonyl (C=O) groups is 2. The number of nitrogens with one attached hydrogen (secondary N) is 2. The molecule has 0 bridgehead atoms. The maximum Gasteiger partial charge on any atom is 0.238 e. The van der Waals surface area contributed by atoms with E-state index in [0.717, 1.165) is 12.8 Å². The average molecular weight is 408 g/mol. The monoisotopic (exact) mass is 408 g/mol. The number of guanidine groups is 1. The van der Waals surface area contributed by atoms with Crippen molar-refractivity contribution in [2.45, 2.75) is 36.1 Å². The van der Waals surface area contributed by atoms with Gasteiger partial charge in [-0.25, -0.2) is 13.6 Å². The number of piperidine rings is 1. The Morgan fingerprint density at radius 1 is 1.18 bits per heavy atom. The van der Waals surface area contributed by atoms with Gasteiger partial charge in [0, 0.05) is 31.6 Å². The van der Waals surface area contributed by atoms with Gasteiger partial charge in [-0.3, -0.25) is 14.6 Å². The number of hydrogen-bond donors (Lipinski definition) is 4. The Morgan fingerprint density at radius 3 is 2.36 bits per heavy atom. The molecule has 0 aliphatic carbocycles. The number of aliphatic imine (C=N–C) groups is 1. The van der Waals surface area contributed by atoms with Crippen LogP contribution in [0, 0.1) is 0 Å². The molecule has 1 aromatic rings. The van der Waals surface area contributed by atoms with Crippen molar-refractivity contribution in [1.82, 2.24) is 10.2 Å². The van der Waals surface area contributed by atoms with E-state index in [1.807, 2.05) is 0 Å². The normalized spacial score (nSPS) is 18.5. The Morgan fingerprint density at radius 2 is 1.82 bits per heavy atom. The predicted octanol–water partition coefficient (Wildman–Crippen LogP) is -0.668. The molecule has 28 heavy (non-hydrogen) atoms. The van der Waals surface area contributed by atoms with Crippen molar-refractivity contribution in [3.63, 3.8) is 0 Å². The molecule has 0 radical (unpaired) electrons. The summed E-state index contributed by atoms with van der Waals surface area (Å²) in [6, 6.07) is 5.53. The number of amides is 2. The lowest BCUT2D eigenvalue weighted by Crippen LogP contribution is -2.55. The second kappa shape index (κ2) is 7.76. The fourth-order valence-corrected chi connectivity index (χ4v) is 3.90. The maximum absolute atomic E-state index is 12.4. The number of carbonyl (C=O) groups excluding carboxylic acids is 2. The second-order valence-electron chi connectivity index (χ2n) is 7.11. The van der Waals surface area contributed by atoms with Crippen LogP contribution in [0.3, 0.4) is 0 Å². The van der Waals surface area contributed by atoms with Crippen LogP contribution in [0.5, 0.6) is 0 Å². The van der Waals surface area contributed by atoms with Crippen LogP contribution in [0.2, 0.25) is 0 Å². The first kappa shape index (κ1) is 20.1. The zero-order valence-electron chi connectivity index (χ0n) is 15.3. The van der Waals surface area contributed by atoms with Crippen LogP contribution < -0.4 is 21.5 Å². The van der Waals surface area contributed by atoms with Crippen molar-refractivity contribution in [3.05, 3.63) is 24.3 Å². The number of likely N-dealkylation sites (tertiary alicyclic amines) is 1. The van der Waals surface area contributed by atoms with Gasteiger partial charge in [0.15, 0.2) is 5.96 Å². The van der Waals surface area contributed by atoms with Gasteiger partial charge in [-0.1, -0.05) is 0 Å². The van der Waals surface area contributed by atoms with Crippen LogP contribution in [0.1, 0.15) is 25.7 Å². The van der Waals surface area contributed by atoms with Crippen molar-refractivity contribution in [3.8, 4) is 0 Å². The number of primary sulfonamides is 1. The van der Waals surface area contributed by atoms with Gasteiger partial charge >= 0.3 is 0 Å². The molecule has 2 aliphatic heterocycles. The Labute approximate surface area is 163 Å². The minimum absolute atomic E-state index is 0.0348. The van der Waals surface area contributed by atoms with Gasteiger partial charge in [0.2, 0.25) is 21.8 Å². The molecule has 6 N–H and O–H groups in total. The van der Waals surface area contributed by atoms with E-state index in [4.69, 9.17) is 10.9 Å². The van der Waals surface area contributed by atoms with Crippen LogP contribution in [0.25, 0.3) is 0 Å². The third-order valence-electron chi connectivity index (χ3n) is 5.05. The first-order chi connectivity index (χ1) is 13.2. The Kier molecular flexibility index (Phi) is 5.57. The first-order valence-electron chi connectivity index (χ1n) is 8.96. The highest BCUT2D eigenvalue weighted by atomic mass is 32.2. The summed E-state index contributed by atoms with van der Waals surface area (Å²) in [7, 11) is -3.77. The van der Waals surface area contributed by atoms with E-state index in [9.17, 15) is 18.0 Å². The lowest BCUT2D eigenvalue weighted by Gasteiger charge is -2.39. The molecule has 2 aliphatic rings. The smallest absolute Gasteiger partial charge is 0.238 e. The summed E-state index contributed by atoms with van der Waals surface area (Å²) in [6.07, 6.45) is 1.70. The van der Waals surface area contributed by atoms with Crippen molar-refractivity contribution in [1.29, 1.82) is 0 Å². The van der Waals surface area contributed by atoms with Gasteiger partial charge < -0.3 is 21.3 Å². The molecule has 1 spiro atoms. The van der Waals surface area contributed by atoms with Gasteiger partial charge in [0.25, 0.3) is 0 Å². The van der Waals surface area contributed by atoms with Crippen LogP contribution in [0.15, 0.2) is 34.2 Å². The van der Waals surface area contributed by atoms with E-state index in [0.29, 0.717) is 31.3 Å². The van der Waals surface area contributed by atoms with Gasteiger partial charge in [-0.05, 0) is 37.1 Å². The zero-order valence-corrected chi connectivity index (χ0v) is 16.2. The summed E-state index contributed by atoms with van der Waals surface area (Å²) >= 11 is 0. The summed E-state index contributed by atoms with van der Waals surface area (Å²) in [6.45, 7) is 1.84. The molecule has 11 heteroatoms. The molecular formula is C17H24N6O4S. The van der Waals surface area contributed by atoms with Crippen LogP contribution in [-0.2, 0) is 19.6 Å². The van der Waals surface area contributed by atoms with E-state index in [2.05, 4.69) is 15.6 Å². The van der Waals surface area contributed by atoms with Gasteiger partial charge in [0.1, 0.15) is 0 Å². The largest absolute Gasteiger partial charge is 0.370 e. The van der Waals surface area contributed by atoms with Crippen LogP contribution >= 0.6 is 0 Å². The summed E-state index contributed by atoms with van der Waals surface area (Å²) in [4.78, 5) is 30.3. The maximum atomic E-state index is 12.4. The summed E-state index contributed by atoms with van der Waals surface area (Å²) in [5.74, 6) is 0.0684. The Balaban J connectivity index is 1.43. The standard InChI is InChI=1S/C17H24N6O4S/c18-16-20-11-17(22-16)7-9-23(10-8-17)15(25)6-5-14(24)21-12-1-3-13(4-2-12)28(19,26)27/h1-4H,5-11H2,(H,21,24)(H3,18,20,22)(H2,19,26,27). The molecule has 152 valence electrons. The highest BCUT2D eigenvalue weighted by Crippen LogP contribution is 2.25. The quantitative estimate of drug-likeness (QED) is 0.505. The highest BCUT2D eigenvalue weighted by molar-refractivity contribution is 7.89. The van der Waals surface area contributed by atoms with Gasteiger partial charge in [0.05, 0.1) is 17.0 Å². The molecule has 1 aromatic carbocycles. The van der Waals surface area contributed by atoms with Crippen LogP contribution in [-0.4, -0.2) is 56.3 Å². The zero-order chi connectivity index (χ0) is 20.4. The summed E-state index contributed by atoms with van der Waals surface area (Å²) < 4.78 is 22.4. The molecule has 0 aromatic heterocycles. The average Bonchev–Trinajstić information content (AvgIpc) is 3.00. The fourth-order valence-electron chi connectivity index (χ4n) is 3.38. The molecule has 1 saturated heterocycles. The molecule has 1 fully saturated rings. The highest BCUT2D eigenvalue weighted by Gasteiger charge is 2.38. The summed E-state index contributed by atoms with van der Waals surface area (Å²) in [5.41, 5.74) is 5.99. The van der Waals surface area contributed by atoms with Gasteiger partial charge in [-0.2, -0.15) is 0 Å². The van der Waals surface area contributed by atoms with Crippen molar-refractivity contribution in [2.75, 3.05) is 25.0 Å². The molecular weight excluding hydrogens is 384 g/mol. The molecule has 0 saturated carbocycles. The lowest BCUT2D eigenvalue weighted by atomic mass is 9.88. The predicted molar refractivity (Wildman–Crippen MR) is 104 cm³/mol.